The lowest BCUT2D eigenvalue weighted by atomic mass is 9.83. The van der Waals surface area contributed by atoms with Crippen molar-refractivity contribution >= 4 is 23.3 Å². The zero-order chi connectivity index (χ0) is 17.8. The SMILES string of the molecule is Cc1ccc(N2NC(C(=O)NCC3CCC(C)CC3)=NCC2=O)cc1. The van der Waals surface area contributed by atoms with E-state index in [9.17, 15) is 9.59 Å². The third-order valence-electron chi connectivity index (χ3n) is 5.03. The largest absolute Gasteiger partial charge is 0.349 e. The van der Waals surface area contributed by atoms with E-state index < -0.39 is 0 Å². The van der Waals surface area contributed by atoms with Gasteiger partial charge in [-0.3, -0.25) is 20.0 Å². The summed E-state index contributed by atoms with van der Waals surface area (Å²) in [7, 11) is 0. The standard InChI is InChI=1S/C19H26N4O2/c1-13-3-7-15(8-4-13)11-21-19(25)18-20-12-17(24)23(22-18)16-9-5-14(2)6-10-16/h5-6,9-10,13,15H,3-4,7-8,11-12H2,1-2H3,(H,20,22)(H,21,25). The van der Waals surface area contributed by atoms with Crippen LogP contribution in [0.2, 0.25) is 0 Å². The Hall–Kier alpha value is -2.37. The number of rotatable bonds is 4. The molecule has 1 fully saturated rings. The minimum absolute atomic E-state index is 0.0232. The Balaban J connectivity index is 1.57. The molecule has 1 saturated carbocycles. The highest BCUT2D eigenvalue weighted by atomic mass is 16.2. The Morgan fingerprint density at radius 1 is 1.24 bits per heavy atom. The lowest BCUT2D eigenvalue weighted by Crippen LogP contribution is -2.56. The van der Waals surface area contributed by atoms with E-state index in [1.165, 1.54) is 17.9 Å². The minimum Gasteiger partial charge on any atom is -0.349 e. The highest BCUT2D eigenvalue weighted by molar-refractivity contribution is 6.39. The number of hydrazine groups is 1. The summed E-state index contributed by atoms with van der Waals surface area (Å²) in [6, 6.07) is 7.56. The summed E-state index contributed by atoms with van der Waals surface area (Å²) < 4.78 is 0. The molecule has 1 aromatic rings. The Morgan fingerprint density at radius 2 is 1.92 bits per heavy atom. The van der Waals surface area contributed by atoms with Crippen molar-refractivity contribution in [2.45, 2.75) is 39.5 Å². The van der Waals surface area contributed by atoms with Gasteiger partial charge in [0.2, 0.25) is 5.84 Å². The van der Waals surface area contributed by atoms with E-state index in [0.717, 1.165) is 24.3 Å². The van der Waals surface area contributed by atoms with Gasteiger partial charge < -0.3 is 5.32 Å². The maximum absolute atomic E-state index is 12.4. The van der Waals surface area contributed by atoms with Crippen LogP contribution in [-0.4, -0.2) is 30.7 Å². The molecule has 0 unspecified atom stereocenters. The number of hydrogen-bond donors (Lipinski definition) is 2. The molecular weight excluding hydrogens is 316 g/mol. The fourth-order valence-electron chi connectivity index (χ4n) is 3.30. The van der Waals surface area contributed by atoms with Crippen molar-refractivity contribution in [1.82, 2.24) is 10.7 Å². The van der Waals surface area contributed by atoms with Crippen LogP contribution >= 0.6 is 0 Å². The predicted molar refractivity (Wildman–Crippen MR) is 98.2 cm³/mol. The number of hydrogen-bond acceptors (Lipinski definition) is 4. The number of nitrogens with one attached hydrogen (secondary N) is 2. The molecule has 6 heteroatoms. The van der Waals surface area contributed by atoms with Crippen LogP contribution < -0.4 is 15.8 Å². The van der Waals surface area contributed by atoms with Gasteiger partial charge in [0.05, 0.1) is 5.69 Å². The topological polar surface area (TPSA) is 73.8 Å². The van der Waals surface area contributed by atoms with Crippen LogP contribution in [0.3, 0.4) is 0 Å². The molecule has 1 heterocycles. The molecule has 6 nitrogen and oxygen atoms in total. The van der Waals surface area contributed by atoms with Crippen molar-refractivity contribution in [1.29, 1.82) is 0 Å². The summed E-state index contributed by atoms with van der Waals surface area (Å²) in [4.78, 5) is 28.6. The summed E-state index contributed by atoms with van der Waals surface area (Å²) in [6.45, 7) is 4.92. The van der Waals surface area contributed by atoms with E-state index in [4.69, 9.17) is 0 Å². The fraction of sp³-hybridized carbons (Fsp3) is 0.526. The van der Waals surface area contributed by atoms with Crippen molar-refractivity contribution in [2.75, 3.05) is 18.1 Å². The first-order chi connectivity index (χ1) is 12.0. The lowest BCUT2D eigenvalue weighted by molar-refractivity contribution is -0.118. The quantitative estimate of drug-likeness (QED) is 0.881. The first-order valence-corrected chi connectivity index (χ1v) is 9.02. The zero-order valence-electron chi connectivity index (χ0n) is 14.9. The molecule has 2 amide bonds. The van der Waals surface area contributed by atoms with Crippen LogP contribution in [0.15, 0.2) is 29.3 Å². The maximum Gasteiger partial charge on any atom is 0.288 e. The number of amidine groups is 1. The molecular formula is C19H26N4O2. The van der Waals surface area contributed by atoms with E-state index in [2.05, 4.69) is 22.7 Å². The minimum atomic E-state index is -0.247. The monoisotopic (exact) mass is 342 g/mol. The van der Waals surface area contributed by atoms with Crippen molar-refractivity contribution in [3.8, 4) is 0 Å². The van der Waals surface area contributed by atoms with Gasteiger partial charge in [-0.15, -0.1) is 0 Å². The smallest absolute Gasteiger partial charge is 0.288 e. The first-order valence-electron chi connectivity index (χ1n) is 9.02. The number of amides is 2. The summed E-state index contributed by atoms with van der Waals surface area (Å²) in [5, 5.41) is 4.36. The number of nitrogens with zero attached hydrogens (tertiary/aromatic N) is 2. The summed E-state index contributed by atoms with van der Waals surface area (Å²) in [5.41, 5.74) is 4.67. The molecule has 1 aliphatic heterocycles. The van der Waals surface area contributed by atoms with Gasteiger partial charge in [-0.2, -0.15) is 0 Å². The molecule has 0 aromatic heterocycles. The number of benzene rings is 1. The van der Waals surface area contributed by atoms with Gasteiger partial charge in [-0.05, 0) is 43.7 Å². The number of carbonyl (C=O) groups excluding carboxylic acids is 2. The molecule has 25 heavy (non-hydrogen) atoms. The van der Waals surface area contributed by atoms with Gasteiger partial charge >= 0.3 is 0 Å². The van der Waals surface area contributed by atoms with Gasteiger partial charge in [0.25, 0.3) is 11.8 Å². The molecule has 0 saturated heterocycles. The summed E-state index contributed by atoms with van der Waals surface area (Å²) >= 11 is 0. The summed E-state index contributed by atoms with van der Waals surface area (Å²) in [5.74, 6) is 1.11. The average Bonchev–Trinajstić information content (AvgIpc) is 2.62. The van der Waals surface area contributed by atoms with Gasteiger partial charge in [-0.1, -0.05) is 37.5 Å². The third kappa shape index (κ3) is 4.38. The predicted octanol–water partition coefficient (Wildman–Crippen LogP) is 2.19. The molecule has 0 atom stereocenters. The van der Waals surface area contributed by atoms with Crippen molar-refractivity contribution in [3.05, 3.63) is 29.8 Å². The second kappa shape index (κ2) is 7.68. The van der Waals surface area contributed by atoms with Gasteiger partial charge in [0, 0.05) is 6.54 Å². The highest BCUT2D eigenvalue weighted by Crippen LogP contribution is 2.27. The Morgan fingerprint density at radius 3 is 2.60 bits per heavy atom. The van der Waals surface area contributed by atoms with Crippen LogP contribution in [0.5, 0.6) is 0 Å². The van der Waals surface area contributed by atoms with E-state index in [0.29, 0.717) is 18.2 Å². The number of carbonyl (C=O) groups is 2. The van der Waals surface area contributed by atoms with Crippen LogP contribution in [0.1, 0.15) is 38.2 Å². The number of anilines is 1. The number of aliphatic imine (C=N–C) groups is 1. The molecule has 1 aliphatic carbocycles. The molecule has 0 bridgehead atoms. The van der Waals surface area contributed by atoms with E-state index >= 15 is 0 Å². The average molecular weight is 342 g/mol. The Bertz CT molecular complexity index is 661. The van der Waals surface area contributed by atoms with Crippen LogP contribution in [0.4, 0.5) is 5.69 Å². The molecule has 3 rings (SSSR count). The second-order valence-electron chi connectivity index (χ2n) is 7.18. The first kappa shape index (κ1) is 17.5. The maximum atomic E-state index is 12.4. The molecule has 2 N–H and O–H groups in total. The number of aryl methyl sites for hydroxylation is 1. The normalized spacial score (nSPS) is 23.7. The Kier molecular flexibility index (Phi) is 5.36. The molecule has 1 aromatic carbocycles. The highest BCUT2D eigenvalue weighted by Gasteiger charge is 2.26. The lowest BCUT2D eigenvalue weighted by Gasteiger charge is -2.29. The second-order valence-corrected chi connectivity index (χ2v) is 7.18. The van der Waals surface area contributed by atoms with Gasteiger partial charge in [-0.25, -0.2) is 5.01 Å². The molecule has 2 aliphatic rings. The van der Waals surface area contributed by atoms with E-state index in [-0.39, 0.29) is 24.2 Å². The van der Waals surface area contributed by atoms with Crippen LogP contribution in [0.25, 0.3) is 0 Å². The Labute approximate surface area is 148 Å². The molecule has 0 radical (unpaired) electrons. The van der Waals surface area contributed by atoms with Crippen molar-refractivity contribution in [2.24, 2.45) is 16.8 Å². The van der Waals surface area contributed by atoms with Crippen molar-refractivity contribution < 1.29 is 9.59 Å². The van der Waals surface area contributed by atoms with Gasteiger partial charge in [0.15, 0.2) is 0 Å². The molecule has 134 valence electrons. The van der Waals surface area contributed by atoms with Crippen LogP contribution in [0, 0.1) is 18.8 Å². The zero-order valence-corrected chi connectivity index (χ0v) is 14.9. The van der Waals surface area contributed by atoms with E-state index in [1.54, 1.807) is 0 Å². The summed E-state index contributed by atoms with van der Waals surface area (Å²) in [6.07, 6.45) is 4.79. The van der Waals surface area contributed by atoms with Gasteiger partial charge in [0.1, 0.15) is 6.54 Å². The molecule has 0 spiro atoms. The van der Waals surface area contributed by atoms with E-state index in [1.807, 2.05) is 31.2 Å². The van der Waals surface area contributed by atoms with Crippen molar-refractivity contribution in [3.63, 3.8) is 0 Å². The third-order valence-corrected chi connectivity index (χ3v) is 5.03. The fourth-order valence-corrected chi connectivity index (χ4v) is 3.30. The van der Waals surface area contributed by atoms with Crippen LogP contribution in [-0.2, 0) is 9.59 Å².